The second kappa shape index (κ2) is 60.4. The number of furan rings is 3. The first kappa shape index (κ1) is 82.3. The van der Waals surface area contributed by atoms with Crippen molar-refractivity contribution < 1.29 is 165 Å². The van der Waals surface area contributed by atoms with Crippen LogP contribution in [-0.4, -0.2) is 231 Å². The minimum Gasteiger partial charge on any atom is -0.464 e. The van der Waals surface area contributed by atoms with E-state index in [0.29, 0.717) is 34.4 Å². The number of alkyl halides is 1. The van der Waals surface area contributed by atoms with E-state index in [1.54, 1.807) is 218 Å². The Labute approximate surface area is 956 Å². The number of hydrogen-bond acceptors (Lipinski definition) is 27. The Balaban J connectivity index is 0.000000371. The predicted molar refractivity (Wildman–Crippen MR) is 589 cm³/mol. The van der Waals surface area contributed by atoms with Crippen LogP contribution in [0.15, 0.2) is 221 Å². The van der Waals surface area contributed by atoms with Crippen LogP contribution < -0.4 is 37.6 Å². The van der Waals surface area contributed by atoms with E-state index in [9.17, 15) is 74.4 Å². The first-order valence-corrected chi connectivity index (χ1v) is 52.9. The molecule has 150 heavy (non-hydrogen) atoms. The van der Waals surface area contributed by atoms with Crippen molar-refractivity contribution in [3.8, 4) is 0 Å². The number of carbonyl (C=O) groups is 6. The van der Waals surface area contributed by atoms with E-state index in [-0.39, 0.29) is 107 Å². The molecule has 830 valence electrons. The maximum atomic E-state index is 14.5. The number of nitrogens with one attached hydrogen (secondary N) is 6. The van der Waals surface area contributed by atoms with E-state index in [1.807, 2.05) is 0 Å². The quantitative estimate of drug-likeness (QED) is 0.00959. The van der Waals surface area contributed by atoms with Crippen molar-refractivity contribution >= 4 is 142 Å². The molecule has 35 nitrogen and oxygen atoms in total. The first-order chi connectivity index (χ1) is 84.4. The van der Waals surface area contributed by atoms with Crippen molar-refractivity contribution in [3.05, 3.63) is 232 Å². The molecule has 0 aliphatic heterocycles. The molecular weight excluding hydrogens is 2140 g/mol. The van der Waals surface area contributed by atoms with Crippen LogP contribution >= 0.6 is 43.5 Å². The molecule has 0 spiro atoms. The Bertz CT molecular complexity index is 7830. The van der Waals surface area contributed by atoms with Gasteiger partial charge in [-0.2, -0.15) is 12.9 Å². The van der Waals surface area contributed by atoms with Crippen molar-refractivity contribution in [2.24, 2.45) is 29.3 Å². The summed E-state index contributed by atoms with van der Waals surface area (Å²) in [6.45, 7) is -27.7. The number of benzene rings is 7. The van der Waals surface area contributed by atoms with Gasteiger partial charge in [0.1, 0.15) is 39.2 Å². The van der Waals surface area contributed by atoms with Gasteiger partial charge in [0.05, 0.1) is 89.0 Å². The lowest BCUT2D eigenvalue weighted by molar-refractivity contribution is 0.0392. The van der Waals surface area contributed by atoms with Gasteiger partial charge in [-0.05, 0) is 245 Å². The van der Waals surface area contributed by atoms with E-state index in [0.717, 1.165) is 42.0 Å². The second-order valence-electron chi connectivity index (χ2n) is 36.9. The average molecular weight is 2330 g/mol. The number of rotatable bonds is 44. The van der Waals surface area contributed by atoms with Gasteiger partial charge < -0.3 is 99.7 Å². The number of ether oxygens (including phenoxy) is 6. The van der Waals surface area contributed by atoms with E-state index in [4.69, 9.17) is 104 Å². The molecule has 10 aromatic rings. The summed E-state index contributed by atoms with van der Waals surface area (Å²) in [6.07, 6.45) is -9.96. The summed E-state index contributed by atoms with van der Waals surface area (Å²) < 4.78 is 423. The third-order valence-electron chi connectivity index (χ3n) is 20.2. The van der Waals surface area contributed by atoms with Crippen LogP contribution in [0.25, 0.3) is 32.9 Å². The van der Waals surface area contributed by atoms with Crippen molar-refractivity contribution in [2.75, 3.05) is 65.4 Å². The van der Waals surface area contributed by atoms with Crippen molar-refractivity contribution in [3.63, 3.8) is 0 Å². The molecule has 0 saturated carbocycles. The minimum atomic E-state index is -5.37. The van der Waals surface area contributed by atoms with Gasteiger partial charge in [-0.25, -0.2) is 54.0 Å². The summed E-state index contributed by atoms with van der Waals surface area (Å²) in [6, 6.07) is 38.7. The van der Waals surface area contributed by atoms with Gasteiger partial charge in [-0.1, -0.05) is 192 Å². The molecule has 0 aliphatic rings. The monoisotopic (exact) mass is 2330 g/mol. The number of halogens is 3. The number of aliphatic hydroxyl groups is 4. The standard InChI is InChI=1S/C31H43N3O8S.C28H36Br2N2O6S.C28H39N3O6S.C19H32N2O3.C3H5ClO2/c1-7-40-29(36)32-17-23-20-41-28-14-13-24(16-25(23)28)43(38,39)34(18-21(2)3)19-27(35)26(15-22-11-9-8-10-12-22)33-30(37)42-31(4,5)6;1-18(2)16-32(39(35,36)20-11-12-25-21(14-20)22(15-29)26(30)37-25)17-24(33)23(13-19-9-7-6-8-10-19)31-27(34)38-28(3,4)5;1-19(2)16-31(38(34,35)22-11-12-26-23(14-22)21(15-29)18-36-26)17-25(32)24(13-20-9-7-6-8-10-20)30-27(33)37-28(3,4)5;1-14(2)12-20-13-17(22)16(11-15-9-7-6-8-10-15)21-18(23)24-19(3,4)5;1-2-6-3(4)5/h8-14,16,20-21,26-27,35H,7,15,17-19H2,1-6H3,(H,32,36)(H,33,37);6-12,14,18,23-24,33H,13,15-17H2,1-5H3,(H,31,34);6-12,14,18-19,24-25,32H,13,15-17,29H2,1-5H3,(H,30,33);6-10,14,16-17,20,22H,11-13H2,1-5H3,(H,21,23);2H2,1H3/t26-,27+;23-,24+;24-,25+;16-,17+;/m0000./s1/i2D3,3D3,18D2,21D;1D3,2D3,16D2,18D;1D3,2D3,16D2,19D;1D3,2D3,12D2,14D;. The molecule has 3 heterocycles. The van der Waals surface area contributed by atoms with Crippen LogP contribution in [0, 0.1) is 23.6 Å². The molecule has 8 atom stereocenters. The number of fused-ring (bicyclic) bond motifs is 3. The summed E-state index contributed by atoms with van der Waals surface area (Å²) in [5, 5.41) is 60.7. The van der Waals surface area contributed by atoms with E-state index in [1.165, 1.54) is 30.7 Å². The zero-order chi connectivity index (χ0) is 143. The molecule has 5 amide bonds. The molecule has 12 N–H and O–H groups in total. The van der Waals surface area contributed by atoms with E-state index < -0.39 is 282 Å². The largest absolute Gasteiger partial charge is 0.464 e. The Morgan fingerprint density at radius 1 is 0.440 bits per heavy atom. The van der Waals surface area contributed by atoms with Gasteiger partial charge in [-0.3, -0.25) is 0 Å². The fourth-order valence-electron chi connectivity index (χ4n) is 13.7. The summed E-state index contributed by atoms with van der Waals surface area (Å²) in [4.78, 5) is 70.3. The van der Waals surface area contributed by atoms with Crippen LogP contribution in [0.2, 0.25) is 0 Å². The van der Waals surface area contributed by atoms with Crippen LogP contribution in [0.4, 0.5) is 28.8 Å². The number of aliphatic hydroxyl groups excluding tert-OH is 4. The number of nitrogens with zero attached hydrogens (tertiary/aromatic N) is 3. The maximum absolute atomic E-state index is 14.5. The SMILES string of the molecule is CCOC(=O)Cl.[2H]C([2H])([2H])C([2H])(C([2H])([2H])[2H])C([2H])([2H])N(C[C@@H](O)[C@H](Cc1ccccc1)NC(=O)OC(C)(C)C)S(=O)(=O)c1ccc2oc(Br)c(CBr)c2c1.[2H]C([2H])([2H])C([2H])(C([2H])([2H])[2H])C([2H])([2H])N(C[C@@H](O)[C@H](Cc1ccccc1)NC(=O)OC(C)(C)C)S(=O)(=O)c1ccc2occ(CN)c2c1.[2H]C([2H])([2H])C([2H])(C([2H])([2H])[2H])C([2H])([2H])N(C[C@@H](O)[C@H](Cc1ccccc1)NC(=O)OC(C)(C)C)S(=O)(=O)c1ccc2occ(CNC(=O)OCC)c2c1.[2H]C([2H])([2H])C([2H])(C([2H])([2H])[2H])C([2H])([2H])NC[C@@H](O)[C@H](Cc1ccccc1)NC(=O)OC(C)(C)C. The zero-order valence-electron chi connectivity index (χ0n) is 121. The number of sulfonamides is 3. The molecule has 0 bridgehead atoms. The van der Waals surface area contributed by atoms with Gasteiger partial charge in [0.2, 0.25) is 30.1 Å². The Morgan fingerprint density at radius 2 is 0.747 bits per heavy atom. The molecule has 41 heteroatoms. The molecule has 7 aromatic carbocycles. The van der Waals surface area contributed by atoms with Gasteiger partial charge >= 0.3 is 35.9 Å². The number of hydrogen-bond donors (Lipinski definition) is 11. The lowest BCUT2D eigenvalue weighted by Crippen LogP contribution is -2.51. The number of nitrogens with two attached hydrogens (primary N) is 1. The van der Waals surface area contributed by atoms with Crippen LogP contribution in [0.1, 0.15) is 240 Å². The Hall–Kier alpha value is -10.3. The highest BCUT2D eigenvalue weighted by Crippen LogP contribution is 2.36. The topological polar surface area (TPSA) is 488 Å². The molecule has 0 unspecified atom stereocenters. The average Bonchev–Trinajstić information content (AvgIpc) is 0.838. The summed E-state index contributed by atoms with van der Waals surface area (Å²) >= 11 is 11.3. The molecule has 3 aromatic heterocycles. The smallest absolute Gasteiger partial charge is 0.407 e. The van der Waals surface area contributed by atoms with Crippen LogP contribution in [-0.2, 0) is 103 Å². The fraction of sp³-hybridized carbons (Fsp3) is 0.505. The molecule has 10 rings (SSSR count). The summed E-state index contributed by atoms with van der Waals surface area (Å²) in [5.41, 5.74) is 5.37. The van der Waals surface area contributed by atoms with Crippen molar-refractivity contribution in [1.29, 1.82) is 0 Å². The van der Waals surface area contributed by atoms with Crippen molar-refractivity contribution in [1.82, 2.24) is 44.8 Å². The summed E-state index contributed by atoms with van der Waals surface area (Å²) in [7, 11) is -15.9. The fourth-order valence-corrected chi connectivity index (χ4v) is 19.2. The van der Waals surface area contributed by atoms with E-state index >= 15 is 0 Å². The van der Waals surface area contributed by atoms with Gasteiger partial charge in [0.25, 0.3) is 0 Å². The number of carbonyl (C=O) groups excluding carboxylic acids is 6. The Kier molecular flexibility index (Phi) is 33.1. The normalized spacial score (nSPS) is 18.6. The highest BCUT2D eigenvalue weighted by atomic mass is 79.9. The minimum absolute atomic E-state index is 0.0643. The summed E-state index contributed by atoms with van der Waals surface area (Å²) in [5.74, 6) is -15.7. The second-order valence-corrected chi connectivity index (χ2v) is 44.1. The molecule has 0 fully saturated rings. The maximum Gasteiger partial charge on any atom is 0.407 e. The first-order valence-electron chi connectivity index (χ1n) is 64.3. The van der Waals surface area contributed by atoms with Crippen LogP contribution in [0.3, 0.4) is 0 Å². The number of amides is 5. The lowest BCUT2D eigenvalue weighted by atomic mass is 10.0. The molecule has 0 radical (unpaired) electrons. The lowest BCUT2D eigenvalue weighted by Gasteiger charge is -2.31. The third-order valence-corrected chi connectivity index (χ3v) is 26.5. The molecule has 0 saturated heterocycles. The van der Waals surface area contributed by atoms with Crippen LogP contribution in [0.5, 0.6) is 0 Å². The molecule has 0 aliphatic carbocycles. The van der Waals surface area contributed by atoms with Gasteiger partial charge in [0.15, 0.2) is 4.67 Å². The molecular formula is C109H155Br2ClN10O25S3. The predicted octanol–water partition coefficient (Wildman–Crippen LogP) is 19.2. The highest BCUT2D eigenvalue weighted by molar-refractivity contribution is 9.10. The third kappa shape index (κ3) is 44.8. The number of alkyl carbamates (subject to hydrolysis) is 5. The highest BCUT2D eigenvalue weighted by Gasteiger charge is 2.38. The zero-order valence-corrected chi connectivity index (χ0v) is 91.2. The Morgan fingerprint density at radius 3 is 1.04 bits per heavy atom. The van der Waals surface area contributed by atoms with E-state index in [2.05, 4.69) is 68.5 Å². The van der Waals surface area contributed by atoms with Crippen molar-refractivity contribution in [2.45, 2.75) is 282 Å². The van der Waals surface area contributed by atoms with Gasteiger partial charge in [0, 0.05) is 158 Å². The van der Waals surface area contributed by atoms with Gasteiger partial charge in [-0.15, -0.1) is 0 Å².